The van der Waals surface area contributed by atoms with Gasteiger partial charge in [-0.25, -0.2) is 0 Å². The number of aliphatic carboxylic acids is 1. The van der Waals surface area contributed by atoms with Crippen LogP contribution in [0.4, 0.5) is 0 Å². The number of carboxylic acid groups (broad SMARTS) is 1. The molecule has 1 heterocycles. The van der Waals surface area contributed by atoms with Crippen molar-refractivity contribution in [2.24, 2.45) is 5.16 Å². The molecule has 74 valence electrons. The molecule has 0 radical (unpaired) electrons. The Morgan fingerprint density at radius 2 is 2.57 bits per heavy atom. The Kier molecular flexibility index (Phi) is 4.13. The predicted octanol–water partition coefficient (Wildman–Crippen LogP) is 0.907. The molecule has 0 fully saturated rings. The lowest BCUT2D eigenvalue weighted by atomic mass is 10.3. The van der Waals surface area contributed by atoms with Crippen LogP contribution in [0.15, 0.2) is 29.7 Å². The van der Waals surface area contributed by atoms with Crippen molar-refractivity contribution < 1.29 is 14.7 Å². The van der Waals surface area contributed by atoms with Crippen LogP contribution in [0.3, 0.4) is 0 Å². The van der Waals surface area contributed by atoms with Crippen LogP contribution in [0, 0.1) is 0 Å². The summed E-state index contributed by atoms with van der Waals surface area (Å²) in [6.45, 7) is 0.0755. The highest BCUT2D eigenvalue weighted by Crippen LogP contribution is 1.91. The third-order valence-electron chi connectivity index (χ3n) is 1.37. The van der Waals surface area contributed by atoms with Crippen LogP contribution in [0.25, 0.3) is 0 Å². The van der Waals surface area contributed by atoms with E-state index >= 15 is 0 Å². The minimum absolute atomic E-state index is 0.0512. The molecular formula is C9H10N2O3. The SMILES string of the molecule is O=C(O)CCON=Cc1cccnc1. The lowest BCUT2D eigenvalue weighted by molar-refractivity contribution is -0.138. The Hall–Kier alpha value is -1.91. The zero-order valence-corrected chi connectivity index (χ0v) is 7.46. The number of nitrogens with zero attached hydrogens (tertiary/aromatic N) is 2. The topological polar surface area (TPSA) is 71.8 Å². The molecule has 1 N–H and O–H groups in total. The maximum atomic E-state index is 10.1. The molecule has 14 heavy (non-hydrogen) atoms. The van der Waals surface area contributed by atoms with Gasteiger partial charge in [0.05, 0.1) is 12.6 Å². The van der Waals surface area contributed by atoms with Crippen molar-refractivity contribution >= 4 is 12.2 Å². The first-order chi connectivity index (χ1) is 6.79. The number of carbonyl (C=O) groups is 1. The molecule has 1 aromatic rings. The van der Waals surface area contributed by atoms with Gasteiger partial charge in [0.2, 0.25) is 0 Å². The normalized spacial score (nSPS) is 10.3. The molecule has 0 atom stereocenters. The molecule has 0 amide bonds. The number of carboxylic acids is 1. The van der Waals surface area contributed by atoms with E-state index in [4.69, 9.17) is 9.94 Å². The standard InChI is InChI=1S/C9H10N2O3/c12-9(13)3-5-14-11-7-8-2-1-4-10-6-8/h1-2,4,6-7H,3,5H2,(H,12,13). The third-order valence-corrected chi connectivity index (χ3v) is 1.37. The van der Waals surface area contributed by atoms with Gasteiger partial charge in [0.15, 0.2) is 0 Å². The first-order valence-electron chi connectivity index (χ1n) is 4.06. The van der Waals surface area contributed by atoms with Gasteiger partial charge in [0.25, 0.3) is 0 Å². The van der Waals surface area contributed by atoms with Gasteiger partial charge < -0.3 is 9.94 Å². The van der Waals surface area contributed by atoms with Crippen LogP contribution in [0.5, 0.6) is 0 Å². The Morgan fingerprint density at radius 1 is 1.71 bits per heavy atom. The highest BCUT2D eigenvalue weighted by Gasteiger charge is 1.94. The lowest BCUT2D eigenvalue weighted by Crippen LogP contribution is -1.99. The molecule has 0 aliphatic rings. The largest absolute Gasteiger partial charge is 0.481 e. The van der Waals surface area contributed by atoms with Gasteiger partial charge in [-0.15, -0.1) is 0 Å². The zero-order valence-electron chi connectivity index (χ0n) is 7.46. The predicted molar refractivity (Wildman–Crippen MR) is 50.0 cm³/mol. The van der Waals surface area contributed by atoms with Crippen molar-refractivity contribution in [3.05, 3.63) is 30.1 Å². The summed E-state index contributed by atoms with van der Waals surface area (Å²) in [6.07, 6.45) is 4.71. The molecule has 0 bridgehead atoms. The number of hydrogen-bond acceptors (Lipinski definition) is 4. The van der Waals surface area contributed by atoms with E-state index in [1.807, 2.05) is 6.07 Å². The Labute approximate surface area is 81.0 Å². The lowest BCUT2D eigenvalue weighted by Gasteiger charge is -1.94. The van der Waals surface area contributed by atoms with Gasteiger partial charge in [0, 0.05) is 18.0 Å². The average molecular weight is 194 g/mol. The summed E-state index contributed by atoms with van der Waals surface area (Å²) < 4.78 is 0. The Morgan fingerprint density at radius 3 is 3.21 bits per heavy atom. The maximum absolute atomic E-state index is 10.1. The first-order valence-corrected chi connectivity index (χ1v) is 4.06. The van der Waals surface area contributed by atoms with Gasteiger partial charge in [-0.1, -0.05) is 11.2 Å². The van der Waals surface area contributed by atoms with Gasteiger partial charge in [-0.05, 0) is 6.07 Å². The van der Waals surface area contributed by atoms with Crippen molar-refractivity contribution in [1.29, 1.82) is 0 Å². The number of hydrogen-bond donors (Lipinski definition) is 1. The fraction of sp³-hybridized carbons (Fsp3) is 0.222. The molecule has 0 spiro atoms. The molecule has 0 unspecified atom stereocenters. The van der Waals surface area contributed by atoms with Crippen molar-refractivity contribution in [1.82, 2.24) is 4.98 Å². The number of oxime groups is 1. The van der Waals surface area contributed by atoms with Crippen LogP contribution in [0.2, 0.25) is 0 Å². The van der Waals surface area contributed by atoms with Gasteiger partial charge in [-0.3, -0.25) is 9.78 Å². The van der Waals surface area contributed by atoms with Crippen LogP contribution < -0.4 is 0 Å². The number of aromatic nitrogens is 1. The molecule has 1 aromatic heterocycles. The van der Waals surface area contributed by atoms with E-state index in [1.54, 1.807) is 18.5 Å². The minimum atomic E-state index is -0.901. The maximum Gasteiger partial charge on any atom is 0.306 e. The molecule has 5 nitrogen and oxygen atoms in total. The monoisotopic (exact) mass is 194 g/mol. The summed E-state index contributed by atoms with van der Waals surface area (Å²) in [6, 6.07) is 3.59. The molecule has 0 saturated carbocycles. The second kappa shape index (κ2) is 5.69. The van der Waals surface area contributed by atoms with E-state index in [0.717, 1.165) is 5.56 Å². The summed E-state index contributed by atoms with van der Waals surface area (Å²) in [7, 11) is 0. The van der Waals surface area contributed by atoms with Crippen LogP contribution in [-0.4, -0.2) is 28.9 Å². The summed E-state index contributed by atoms with van der Waals surface area (Å²) in [4.78, 5) is 18.7. The van der Waals surface area contributed by atoms with E-state index in [9.17, 15) is 4.79 Å². The minimum Gasteiger partial charge on any atom is -0.481 e. The number of pyridine rings is 1. The smallest absolute Gasteiger partial charge is 0.306 e. The van der Waals surface area contributed by atoms with Crippen LogP contribution >= 0.6 is 0 Å². The molecule has 0 aliphatic carbocycles. The van der Waals surface area contributed by atoms with Gasteiger partial charge >= 0.3 is 5.97 Å². The molecule has 1 rings (SSSR count). The molecule has 0 saturated heterocycles. The Bertz CT molecular complexity index is 311. The van der Waals surface area contributed by atoms with E-state index in [2.05, 4.69) is 10.1 Å². The summed E-state index contributed by atoms with van der Waals surface area (Å²) >= 11 is 0. The fourth-order valence-electron chi connectivity index (χ4n) is 0.736. The van der Waals surface area contributed by atoms with E-state index in [1.165, 1.54) is 6.21 Å². The summed E-state index contributed by atoms with van der Waals surface area (Å²) in [5.74, 6) is -0.901. The van der Waals surface area contributed by atoms with Crippen LogP contribution in [0.1, 0.15) is 12.0 Å². The quantitative estimate of drug-likeness (QED) is 0.429. The van der Waals surface area contributed by atoms with E-state index in [-0.39, 0.29) is 13.0 Å². The highest BCUT2D eigenvalue weighted by molar-refractivity contribution is 5.78. The van der Waals surface area contributed by atoms with Crippen molar-refractivity contribution in [3.8, 4) is 0 Å². The van der Waals surface area contributed by atoms with E-state index in [0.29, 0.717) is 0 Å². The molecule has 0 aliphatic heterocycles. The second-order valence-electron chi connectivity index (χ2n) is 2.50. The first kappa shape index (κ1) is 10.2. The highest BCUT2D eigenvalue weighted by atomic mass is 16.6. The van der Waals surface area contributed by atoms with Crippen molar-refractivity contribution in [2.75, 3.05) is 6.61 Å². The van der Waals surface area contributed by atoms with Crippen LogP contribution in [-0.2, 0) is 9.63 Å². The second-order valence-corrected chi connectivity index (χ2v) is 2.50. The average Bonchev–Trinajstić information content (AvgIpc) is 2.18. The fourth-order valence-corrected chi connectivity index (χ4v) is 0.736. The molecule has 0 aromatic carbocycles. The Balaban J connectivity index is 2.25. The van der Waals surface area contributed by atoms with Gasteiger partial charge in [0.1, 0.15) is 6.61 Å². The van der Waals surface area contributed by atoms with Gasteiger partial charge in [-0.2, -0.15) is 0 Å². The summed E-state index contributed by atoms with van der Waals surface area (Å²) in [5, 5.41) is 11.9. The molecular weight excluding hydrogens is 184 g/mol. The van der Waals surface area contributed by atoms with E-state index < -0.39 is 5.97 Å². The zero-order chi connectivity index (χ0) is 10.2. The van der Waals surface area contributed by atoms with Crippen molar-refractivity contribution in [2.45, 2.75) is 6.42 Å². The van der Waals surface area contributed by atoms with Crippen molar-refractivity contribution in [3.63, 3.8) is 0 Å². The summed E-state index contributed by atoms with van der Waals surface area (Å²) in [5.41, 5.74) is 0.808. The molecule has 5 heteroatoms. The number of rotatable bonds is 5. The third kappa shape index (κ3) is 4.20.